The molecule has 0 atom stereocenters. The first-order valence-electron chi connectivity index (χ1n) is 6.09. The maximum absolute atomic E-state index is 12.0. The van der Waals surface area contributed by atoms with Gasteiger partial charge in [0, 0.05) is 25.5 Å². The highest BCUT2D eigenvalue weighted by Gasteiger charge is 2.12. The molecule has 0 unspecified atom stereocenters. The zero-order valence-electron chi connectivity index (χ0n) is 10.5. The molecule has 2 amide bonds. The highest BCUT2D eigenvalue weighted by atomic mass is 16.2. The largest absolute Gasteiger partial charge is 0.325 e. The summed E-state index contributed by atoms with van der Waals surface area (Å²) in [6, 6.07) is -0.0965. The molecule has 1 N–H and O–H groups in total. The molecule has 0 aliphatic rings. The lowest BCUT2D eigenvalue weighted by Crippen LogP contribution is -2.36. The molecule has 0 fully saturated rings. The molecule has 1 aromatic heterocycles. The monoisotopic (exact) mass is 236 g/mol. The summed E-state index contributed by atoms with van der Waals surface area (Å²) in [6.45, 7) is 5.74. The Morgan fingerprint density at radius 1 is 1.29 bits per heavy atom. The molecule has 0 saturated heterocycles. The van der Waals surface area contributed by atoms with Crippen molar-refractivity contribution in [3.05, 3.63) is 18.6 Å². The average molecular weight is 236 g/mol. The predicted molar refractivity (Wildman–Crippen MR) is 67.8 cm³/mol. The fourth-order valence-electron chi connectivity index (χ4n) is 1.49. The third-order valence-electron chi connectivity index (χ3n) is 2.36. The van der Waals surface area contributed by atoms with Crippen molar-refractivity contribution in [3.63, 3.8) is 0 Å². The number of amides is 2. The number of nitrogens with zero attached hydrogens (tertiary/aromatic N) is 3. The van der Waals surface area contributed by atoms with E-state index in [0.717, 1.165) is 32.4 Å². The van der Waals surface area contributed by atoms with Crippen LogP contribution in [-0.2, 0) is 0 Å². The maximum atomic E-state index is 12.0. The number of nitrogens with one attached hydrogen (secondary N) is 1. The Hall–Kier alpha value is -1.65. The summed E-state index contributed by atoms with van der Waals surface area (Å²) in [4.78, 5) is 21.7. The zero-order chi connectivity index (χ0) is 12.5. The second-order valence-electron chi connectivity index (χ2n) is 3.86. The molecular formula is C12H20N4O. The molecule has 1 rings (SSSR count). The summed E-state index contributed by atoms with van der Waals surface area (Å²) in [5.41, 5.74) is 0. The lowest BCUT2D eigenvalue weighted by Gasteiger charge is -2.21. The normalized spacial score (nSPS) is 10.0. The van der Waals surface area contributed by atoms with E-state index < -0.39 is 0 Å². The average Bonchev–Trinajstić information content (AvgIpc) is 2.35. The van der Waals surface area contributed by atoms with E-state index in [1.807, 2.05) is 4.90 Å². The molecular weight excluding hydrogens is 216 g/mol. The summed E-state index contributed by atoms with van der Waals surface area (Å²) >= 11 is 0. The third-order valence-corrected chi connectivity index (χ3v) is 2.36. The van der Waals surface area contributed by atoms with Crippen molar-refractivity contribution in [2.75, 3.05) is 18.4 Å². The first-order chi connectivity index (χ1) is 8.27. The first-order valence-corrected chi connectivity index (χ1v) is 6.09. The van der Waals surface area contributed by atoms with Crippen LogP contribution < -0.4 is 5.32 Å². The minimum absolute atomic E-state index is 0.0965. The quantitative estimate of drug-likeness (QED) is 0.825. The molecule has 0 aliphatic carbocycles. The van der Waals surface area contributed by atoms with Gasteiger partial charge < -0.3 is 4.90 Å². The number of urea groups is 1. The number of unbranched alkanes of at least 4 members (excludes halogenated alkanes) is 1. The fourth-order valence-corrected chi connectivity index (χ4v) is 1.49. The number of rotatable bonds is 6. The van der Waals surface area contributed by atoms with Crippen LogP contribution in [-0.4, -0.2) is 34.0 Å². The van der Waals surface area contributed by atoms with Crippen molar-refractivity contribution in [2.24, 2.45) is 0 Å². The Morgan fingerprint density at radius 2 is 2.12 bits per heavy atom. The highest BCUT2D eigenvalue weighted by Crippen LogP contribution is 2.03. The minimum Gasteiger partial charge on any atom is -0.325 e. The number of carbonyl (C=O) groups is 1. The van der Waals surface area contributed by atoms with Gasteiger partial charge in [-0.1, -0.05) is 20.3 Å². The van der Waals surface area contributed by atoms with Gasteiger partial charge in [0.05, 0.1) is 6.20 Å². The second kappa shape index (κ2) is 7.60. The van der Waals surface area contributed by atoms with Crippen molar-refractivity contribution in [1.29, 1.82) is 0 Å². The fraction of sp³-hybridized carbons (Fsp3) is 0.583. The van der Waals surface area contributed by atoms with Gasteiger partial charge in [0.2, 0.25) is 0 Å². The van der Waals surface area contributed by atoms with Gasteiger partial charge in [0.15, 0.2) is 5.82 Å². The van der Waals surface area contributed by atoms with Crippen LogP contribution in [0.2, 0.25) is 0 Å². The second-order valence-corrected chi connectivity index (χ2v) is 3.86. The lowest BCUT2D eigenvalue weighted by atomic mass is 10.3. The van der Waals surface area contributed by atoms with E-state index in [2.05, 4.69) is 29.1 Å². The summed E-state index contributed by atoms with van der Waals surface area (Å²) in [7, 11) is 0. The molecule has 5 nitrogen and oxygen atoms in total. The van der Waals surface area contributed by atoms with Gasteiger partial charge in [-0.15, -0.1) is 0 Å². The highest BCUT2D eigenvalue weighted by molar-refractivity contribution is 5.88. The zero-order valence-corrected chi connectivity index (χ0v) is 10.5. The summed E-state index contributed by atoms with van der Waals surface area (Å²) < 4.78 is 0. The van der Waals surface area contributed by atoms with Crippen molar-refractivity contribution in [1.82, 2.24) is 14.9 Å². The number of hydrogen-bond acceptors (Lipinski definition) is 3. The van der Waals surface area contributed by atoms with Gasteiger partial charge in [0.25, 0.3) is 0 Å². The van der Waals surface area contributed by atoms with Crippen molar-refractivity contribution in [2.45, 2.75) is 33.1 Å². The van der Waals surface area contributed by atoms with E-state index in [-0.39, 0.29) is 6.03 Å². The van der Waals surface area contributed by atoms with Crippen LogP contribution in [0.3, 0.4) is 0 Å². The van der Waals surface area contributed by atoms with Gasteiger partial charge in [-0.2, -0.15) is 0 Å². The molecule has 0 aromatic carbocycles. The van der Waals surface area contributed by atoms with Gasteiger partial charge in [-0.05, 0) is 12.8 Å². The van der Waals surface area contributed by atoms with Crippen molar-refractivity contribution < 1.29 is 4.79 Å². The lowest BCUT2D eigenvalue weighted by molar-refractivity contribution is 0.210. The summed E-state index contributed by atoms with van der Waals surface area (Å²) in [6.07, 6.45) is 7.74. The molecule has 1 aromatic rings. The van der Waals surface area contributed by atoms with E-state index in [1.54, 1.807) is 18.6 Å². The van der Waals surface area contributed by atoms with Gasteiger partial charge in [-0.3, -0.25) is 10.3 Å². The maximum Gasteiger partial charge on any atom is 0.323 e. The van der Waals surface area contributed by atoms with Crippen molar-refractivity contribution in [3.8, 4) is 0 Å². The van der Waals surface area contributed by atoms with E-state index in [0.29, 0.717) is 5.82 Å². The number of anilines is 1. The van der Waals surface area contributed by atoms with Crippen molar-refractivity contribution >= 4 is 11.8 Å². The molecule has 1 heterocycles. The standard InChI is InChI=1S/C12H20N4O/c1-3-5-9-16(8-4-2)12(17)15-11-10-13-6-7-14-11/h6-7,10H,3-5,8-9H2,1-2H3,(H,14,15,17). The Labute approximate surface area is 102 Å². The van der Waals surface area contributed by atoms with Crippen LogP contribution in [0.15, 0.2) is 18.6 Å². The van der Waals surface area contributed by atoms with E-state index in [4.69, 9.17) is 0 Å². The van der Waals surface area contributed by atoms with E-state index >= 15 is 0 Å². The van der Waals surface area contributed by atoms with Crippen LogP contribution in [0, 0.1) is 0 Å². The first kappa shape index (κ1) is 13.4. The Bertz CT molecular complexity index is 329. The molecule has 5 heteroatoms. The van der Waals surface area contributed by atoms with Gasteiger partial charge >= 0.3 is 6.03 Å². The van der Waals surface area contributed by atoms with Crippen LogP contribution in [0.5, 0.6) is 0 Å². The Morgan fingerprint density at radius 3 is 2.71 bits per heavy atom. The van der Waals surface area contributed by atoms with Gasteiger partial charge in [0.1, 0.15) is 0 Å². The SMILES string of the molecule is CCCCN(CCC)C(=O)Nc1cnccn1. The Kier molecular flexibility index (Phi) is 5.99. The topological polar surface area (TPSA) is 58.1 Å². The summed E-state index contributed by atoms with van der Waals surface area (Å²) in [5.74, 6) is 0.495. The smallest absolute Gasteiger partial charge is 0.323 e. The van der Waals surface area contributed by atoms with E-state index in [1.165, 1.54) is 0 Å². The molecule has 17 heavy (non-hydrogen) atoms. The number of carbonyl (C=O) groups excluding carboxylic acids is 1. The molecule has 0 spiro atoms. The number of aromatic nitrogens is 2. The predicted octanol–water partition coefficient (Wildman–Crippen LogP) is 2.52. The molecule has 0 saturated carbocycles. The van der Waals surface area contributed by atoms with Crippen LogP contribution >= 0.6 is 0 Å². The molecule has 0 bridgehead atoms. The third kappa shape index (κ3) is 4.80. The van der Waals surface area contributed by atoms with Crippen LogP contribution in [0.4, 0.5) is 10.6 Å². The van der Waals surface area contributed by atoms with Gasteiger partial charge in [-0.25, -0.2) is 9.78 Å². The number of hydrogen-bond donors (Lipinski definition) is 1. The molecule has 0 radical (unpaired) electrons. The van der Waals surface area contributed by atoms with E-state index in [9.17, 15) is 4.79 Å². The molecule has 0 aliphatic heterocycles. The molecule has 94 valence electrons. The Balaban J connectivity index is 2.52. The minimum atomic E-state index is -0.0965. The van der Waals surface area contributed by atoms with Crippen LogP contribution in [0.1, 0.15) is 33.1 Å². The summed E-state index contributed by atoms with van der Waals surface area (Å²) in [5, 5.41) is 2.75. The van der Waals surface area contributed by atoms with Crippen LogP contribution in [0.25, 0.3) is 0 Å².